The Morgan fingerprint density at radius 1 is 1.18 bits per heavy atom. The zero-order valence-corrected chi connectivity index (χ0v) is 16.6. The van der Waals surface area contributed by atoms with E-state index < -0.39 is 15.7 Å². The van der Waals surface area contributed by atoms with Crippen molar-refractivity contribution >= 4 is 27.3 Å². The number of rotatable bonds is 8. The van der Waals surface area contributed by atoms with Gasteiger partial charge in [-0.1, -0.05) is 23.7 Å². The average Bonchev–Trinajstić information content (AvgIpc) is 3.11. The maximum absolute atomic E-state index is 14.1. The van der Waals surface area contributed by atoms with Gasteiger partial charge in [0.1, 0.15) is 5.82 Å². The molecule has 0 aliphatic rings. The summed E-state index contributed by atoms with van der Waals surface area (Å²) in [5, 5.41) is 3.00. The first-order chi connectivity index (χ1) is 13.4. The third kappa shape index (κ3) is 4.35. The monoisotopic (exact) mass is 424 g/mol. The summed E-state index contributed by atoms with van der Waals surface area (Å²) < 4.78 is 50.8. The Morgan fingerprint density at radius 2 is 1.89 bits per heavy atom. The highest BCUT2D eigenvalue weighted by molar-refractivity contribution is 7.91. The molecule has 148 valence electrons. The number of methoxy groups -OCH3 is 1. The number of nitrogens with zero attached hydrogens (tertiary/aromatic N) is 1. The number of ether oxygens (including phenoxy) is 1. The summed E-state index contributed by atoms with van der Waals surface area (Å²) in [4.78, 5) is 4.09. The average molecular weight is 425 g/mol. The zero-order chi connectivity index (χ0) is 20.1. The van der Waals surface area contributed by atoms with E-state index >= 15 is 0 Å². The van der Waals surface area contributed by atoms with Crippen LogP contribution < -0.4 is 5.32 Å². The van der Waals surface area contributed by atoms with Crippen molar-refractivity contribution in [3.63, 3.8) is 0 Å². The predicted molar refractivity (Wildman–Crippen MR) is 104 cm³/mol. The van der Waals surface area contributed by atoms with Gasteiger partial charge in [-0.2, -0.15) is 4.98 Å². The zero-order valence-electron chi connectivity index (χ0n) is 15.0. The van der Waals surface area contributed by atoms with Crippen molar-refractivity contribution in [2.75, 3.05) is 25.6 Å². The molecule has 0 fully saturated rings. The number of oxazole rings is 1. The molecule has 0 aliphatic carbocycles. The highest BCUT2D eigenvalue weighted by Gasteiger charge is 2.29. The van der Waals surface area contributed by atoms with Gasteiger partial charge in [-0.25, -0.2) is 12.8 Å². The molecule has 1 N–H and O–H groups in total. The van der Waals surface area contributed by atoms with Gasteiger partial charge in [-0.3, -0.25) is 0 Å². The summed E-state index contributed by atoms with van der Waals surface area (Å²) in [5.41, 5.74) is 0.0694. The number of nitrogens with one attached hydrogen (secondary N) is 1. The second-order valence-electron chi connectivity index (χ2n) is 5.86. The van der Waals surface area contributed by atoms with Crippen LogP contribution in [0.3, 0.4) is 0 Å². The van der Waals surface area contributed by atoms with Crippen LogP contribution in [0.4, 0.5) is 10.3 Å². The molecule has 3 rings (SSSR count). The van der Waals surface area contributed by atoms with E-state index in [9.17, 15) is 12.8 Å². The Kier molecular flexibility index (Phi) is 6.33. The maximum Gasteiger partial charge on any atom is 0.233 e. The van der Waals surface area contributed by atoms with Gasteiger partial charge in [0.05, 0.1) is 10.5 Å². The van der Waals surface area contributed by atoms with Crippen LogP contribution in [0, 0.1) is 5.82 Å². The van der Waals surface area contributed by atoms with Crippen LogP contribution in [0.15, 0.2) is 62.9 Å². The fourth-order valence-electron chi connectivity index (χ4n) is 2.49. The number of sulfone groups is 1. The van der Waals surface area contributed by atoms with E-state index in [1.165, 1.54) is 42.5 Å². The van der Waals surface area contributed by atoms with Gasteiger partial charge >= 0.3 is 0 Å². The number of halogens is 2. The SMILES string of the molecule is COCCCNc1oc(-c2ccccc2F)nc1S(=O)(=O)c1ccc(Cl)cc1. The topological polar surface area (TPSA) is 81.4 Å². The summed E-state index contributed by atoms with van der Waals surface area (Å²) in [6, 6.07) is 11.6. The molecule has 28 heavy (non-hydrogen) atoms. The summed E-state index contributed by atoms with van der Waals surface area (Å²) >= 11 is 5.84. The van der Waals surface area contributed by atoms with Crippen LogP contribution in [0.25, 0.3) is 11.5 Å². The lowest BCUT2D eigenvalue weighted by molar-refractivity contribution is 0.197. The fourth-order valence-corrected chi connectivity index (χ4v) is 3.90. The molecule has 0 saturated carbocycles. The number of aromatic nitrogens is 1. The first-order valence-corrected chi connectivity index (χ1v) is 10.3. The number of hydrogen-bond donors (Lipinski definition) is 1. The maximum atomic E-state index is 14.1. The molecule has 0 amide bonds. The smallest absolute Gasteiger partial charge is 0.233 e. The van der Waals surface area contributed by atoms with Crippen molar-refractivity contribution in [1.82, 2.24) is 4.98 Å². The second kappa shape index (κ2) is 8.72. The number of benzene rings is 2. The molecule has 1 heterocycles. The van der Waals surface area contributed by atoms with Gasteiger partial charge in [-0.05, 0) is 42.8 Å². The molecule has 2 aromatic carbocycles. The van der Waals surface area contributed by atoms with E-state index in [0.29, 0.717) is 24.6 Å². The van der Waals surface area contributed by atoms with E-state index in [2.05, 4.69) is 10.3 Å². The molecule has 0 aliphatic heterocycles. The molecule has 0 unspecified atom stereocenters. The molecule has 3 aromatic rings. The van der Waals surface area contributed by atoms with Gasteiger partial charge in [0.25, 0.3) is 0 Å². The third-order valence-electron chi connectivity index (χ3n) is 3.89. The van der Waals surface area contributed by atoms with Crippen LogP contribution in [-0.2, 0) is 14.6 Å². The molecule has 0 spiro atoms. The summed E-state index contributed by atoms with van der Waals surface area (Å²) in [6.07, 6.45) is 0.618. The van der Waals surface area contributed by atoms with Crippen molar-refractivity contribution < 1.29 is 22.0 Å². The van der Waals surface area contributed by atoms with E-state index in [0.717, 1.165) is 0 Å². The first kappa shape index (κ1) is 20.3. The Bertz CT molecular complexity index is 1050. The van der Waals surface area contributed by atoms with Gasteiger partial charge in [0.2, 0.25) is 26.6 Å². The normalized spacial score (nSPS) is 11.5. The van der Waals surface area contributed by atoms with Crippen molar-refractivity contribution in [1.29, 1.82) is 0 Å². The second-order valence-corrected chi connectivity index (χ2v) is 8.17. The Labute approximate surface area is 167 Å². The van der Waals surface area contributed by atoms with Crippen LogP contribution >= 0.6 is 11.6 Å². The third-order valence-corrected chi connectivity index (χ3v) is 5.82. The minimum Gasteiger partial charge on any atom is -0.419 e. The highest BCUT2D eigenvalue weighted by atomic mass is 35.5. The van der Waals surface area contributed by atoms with E-state index in [-0.39, 0.29) is 27.3 Å². The lowest BCUT2D eigenvalue weighted by Gasteiger charge is -2.06. The lowest BCUT2D eigenvalue weighted by Crippen LogP contribution is -2.09. The molecular weight excluding hydrogens is 407 g/mol. The minimum absolute atomic E-state index is 0.00484. The number of anilines is 1. The molecular formula is C19H18ClFN2O4S. The molecule has 0 atom stereocenters. The molecule has 9 heteroatoms. The molecule has 6 nitrogen and oxygen atoms in total. The van der Waals surface area contributed by atoms with Crippen LogP contribution in [0.1, 0.15) is 6.42 Å². The van der Waals surface area contributed by atoms with Crippen LogP contribution in [0.5, 0.6) is 0 Å². The summed E-state index contributed by atoms with van der Waals surface area (Å²) in [5.74, 6) is -0.741. The first-order valence-electron chi connectivity index (χ1n) is 8.42. The fraction of sp³-hybridized carbons (Fsp3) is 0.211. The van der Waals surface area contributed by atoms with Crippen molar-refractivity contribution in [3.8, 4) is 11.5 Å². The van der Waals surface area contributed by atoms with Gasteiger partial charge in [0.15, 0.2) is 0 Å². The van der Waals surface area contributed by atoms with Gasteiger partial charge in [-0.15, -0.1) is 0 Å². The van der Waals surface area contributed by atoms with Gasteiger partial charge in [0, 0.05) is 25.3 Å². The van der Waals surface area contributed by atoms with Crippen LogP contribution in [0.2, 0.25) is 5.02 Å². The Hall–Kier alpha value is -2.42. The van der Waals surface area contributed by atoms with E-state index in [1.54, 1.807) is 13.2 Å². The largest absolute Gasteiger partial charge is 0.419 e. The molecule has 0 saturated heterocycles. The van der Waals surface area contributed by atoms with E-state index in [1.807, 2.05) is 0 Å². The van der Waals surface area contributed by atoms with Crippen LogP contribution in [-0.4, -0.2) is 33.7 Å². The quantitative estimate of drug-likeness (QED) is 0.539. The highest BCUT2D eigenvalue weighted by Crippen LogP contribution is 2.33. The molecule has 0 radical (unpaired) electrons. The summed E-state index contributed by atoms with van der Waals surface area (Å²) in [6.45, 7) is 0.878. The van der Waals surface area contributed by atoms with Crippen molar-refractivity contribution in [2.24, 2.45) is 0 Å². The lowest BCUT2D eigenvalue weighted by atomic mass is 10.2. The molecule has 0 bridgehead atoms. The Balaban J connectivity index is 2.04. The standard InChI is InChI=1S/C19H18ClFN2O4S/c1-26-12-4-11-22-18-19(28(24,25)14-9-7-13(20)8-10-14)23-17(27-18)15-5-2-3-6-16(15)21/h2-3,5-10,22H,4,11-12H2,1H3. The van der Waals surface area contributed by atoms with Crippen molar-refractivity contribution in [3.05, 3.63) is 59.4 Å². The minimum atomic E-state index is -4.01. The van der Waals surface area contributed by atoms with Crippen molar-refractivity contribution in [2.45, 2.75) is 16.3 Å². The molecule has 1 aromatic heterocycles. The van der Waals surface area contributed by atoms with E-state index in [4.69, 9.17) is 20.8 Å². The number of hydrogen-bond acceptors (Lipinski definition) is 6. The van der Waals surface area contributed by atoms with Gasteiger partial charge < -0.3 is 14.5 Å². The predicted octanol–water partition coefficient (Wildman–Crippen LogP) is 4.42. The summed E-state index contributed by atoms with van der Waals surface area (Å²) in [7, 11) is -2.44. The Morgan fingerprint density at radius 3 is 2.57 bits per heavy atom.